The number of halogens is 3. The van der Waals surface area contributed by atoms with Gasteiger partial charge in [0.05, 0.1) is 19.1 Å². The maximum Gasteiger partial charge on any atom is 0.307 e. The molecule has 1 N–H and O–H groups in total. The first-order chi connectivity index (χ1) is 15.0. The number of aryl methyl sites for hydroxylation is 2. The molecule has 2 aliphatic rings. The third-order valence-electron chi connectivity index (χ3n) is 6.21. The number of fused-ring (bicyclic) bond motifs is 2. The van der Waals surface area contributed by atoms with E-state index in [2.05, 4.69) is 21.9 Å². The van der Waals surface area contributed by atoms with Gasteiger partial charge in [0, 0.05) is 41.1 Å². The van der Waals surface area contributed by atoms with Gasteiger partial charge in [0.15, 0.2) is 0 Å². The van der Waals surface area contributed by atoms with E-state index in [0.717, 1.165) is 50.1 Å². The highest BCUT2D eigenvalue weighted by Crippen LogP contribution is 2.38. The number of aliphatic carboxylic acids is 1. The number of carboxylic acid groups (broad SMARTS) is 1. The Kier molecular flexibility index (Phi) is 9.09. The summed E-state index contributed by atoms with van der Waals surface area (Å²) in [6.07, 6.45) is 3.61. The SMILES string of the molecule is Cl.O=C(O)[C@@H]1CCCN(CCOCCN2c3cc(Cl)ccc3CCc3ccc(Cl)cc32)C1. The van der Waals surface area contributed by atoms with Crippen molar-refractivity contribution in [2.75, 3.05) is 44.3 Å². The molecule has 0 spiro atoms. The van der Waals surface area contributed by atoms with Crippen LogP contribution in [0.1, 0.15) is 24.0 Å². The van der Waals surface area contributed by atoms with E-state index in [4.69, 9.17) is 27.9 Å². The lowest BCUT2D eigenvalue weighted by molar-refractivity contribution is -0.143. The molecular weight excluding hydrogens is 471 g/mol. The number of likely N-dealkylation sites (tertiary alicyclic amines) is 1. The van der Waals surface area contributed by atoms with Crippen LogP contribution in [0.15, 0.2) is 36.4 Å². The normalized spacial score (nSPS) is 18.3. The molecule has 0 unspecified atom stereocenters. The molecule has 2 aliphatic heterocycles. The van der Waals surface area contributed by atoms with Crippen LogP contribution in [0, 0.1) is 5.92 Å². The fraction of sp³-hybridized carbons (Fsp3) is 0.458. The Morgan fingerprint density at radius 1 is 1.00 bits per heavy atom. The number of anilines is 2. The van der Waals surface area contributed by atoms with Crippen molar-refractivity contribution in [3.8, 4) is 0 Å². The molecule has 5 nitrogen and oxygen atoms in total. The Morgan fingerprint density at radius 2 is 1.59 bits per heavy atom. The minimum Gasteiger partial charge on any atom is -0.481 e. The summed E-state index contributed by atoms with van der Waals surface area (Å²) >= 11 is 12.7. The minimum atomic E-state index is -0.693. The zero-order chi connectivity index (χ0) is 21.8. The van der Waals surface area contributed by atoms with E-state index in [-0.39, 0.29) is 18.3 Å². The molecule has 0 aromatic heterocycles. The quantitative estimate of drug-likeness (QED) is 0.512. The second-order valence-corrected chi connectivity index (χ2v) is 9.16. The second kappa shape index (κ2) is 11.6. The van der Waals surface area contributed by atoms with Crippen LogP contribution < -0.4 is 4.90 Å². The Bertz CT molecular complexity index is 887. The third-order valence-corrected chi connectivity index (χ3v) is 6.68. The number of hydrogen-bond donors (Lipinski definition) is 1. The highest BCUT2D eigenvalue weighted by Gasteiger charge is 2.25. The van der Waals surface area contributed by atoms with E-state index in [9.17, 15) is 9.90 Å². The van der Waals surface area contributed by atoms with Crippen LogP contribution in [0.5, 0.6) is 0 Å². The average molecular weight is 500 g/mol. The Balaban J connectivity index is 0.00000289. The van der Waals surface area contributed by atoms with Crippen molar-refractivity contribution < 1.29 is 14.6 Å². The Hall–Kier alpha value is -1.50. The fourth-order valence-corrected chi connectivity index (χ4v) is 4.88. The van der Waals surface area contributed by atoms with E-state index in [1.54, 1.807) is 0 Å². The molecule has 0 radical (unpaired) electrons. The van der Waals surface area contributed by atoms with Crippen molar-refractivity contribution in [3.05, 3.63) is 57.6 Å². The van der Waals surface area contributed by atoms with Gasteiger partial charge in [-0.2, -0.15) is 0 Å². The summed E-state index contributed by atoms with van der Waals surface area (Å²) in [6.45, 7) is 4.16. The number of benzene rings is 2. The summed E-state index contributed by atoms with van der Waals surface area (Å²) in [7, 11) is 0. The third kappa shape index (κ3) is 6.09. The van der Waals surface area contributed by atoms with Crippen LogP contribution >= 0.6 is 35.6 Å². The van der Waals surface area contributed by atoms with Crippen molar-refractivity contribution in [1.29, 1.82) is 0 Å². The van der Waals surface area contributed by atoms with Gasteiger partial charge in [-0.25, -0.2) is 0 Å². The molecular formula is C24H29Cl3N2O3. The van der Waals surface area contributed by atoms with Crippen LogP contribution in [0.2, 0.25) is 10.0 Å². The predicted octanol–water partition coefficient (Wildman–Crippen LogP) is 5.47. The van der Waals surface area contributed by atoms with Crippen molar-refractivity contribution in [3.63, 3.8) is 0 Å². The number of nitrogens with zero attached hydrogens (tertiary/aromatic N) is 2. The number of piperidine rings is 1. The highest BCUT2D eigenvalue weighted by molar-refractivity contribution is 6.31. The maximum atomic E-state index is 11.2. The predicted molar refractivity (Wildman–Crippen MR) is 132 cm³/mol. The lowest BCUT2D eigenvalue weighted by Crippen LogP contribution is -2.40. The van der Waals surface area contributed by atoms with Gasteiger partial charge < -0.3 is 19.6 Å². The maximum absolute atomic E-state index is 11.2. The Labute approximate surface area is 205 Å². The topological polar surface area (TPSA) is 53.0 Å². The van der Waals surface area contributed by atoms with E-state index in [1.165, 1.54) is 11.1 Å². The molecule has 0 amide bonds. The monoisotopic (exact) mass is 498 g/mol. The second-order valence-electron chi connectivity index (χ2n) is 8.29. The van der Waals surface area contributed by atoms with Gasteiger partial charge in [0.25, 0.3) is 0 Å². The minimum absolute atomic E-state index is 0. The van der Waals surface area contributed by atoms with E-state index < -0.39 is 5.97 Å². The zero-order valence-corrected chi connectivity index (χ0v) is 20.3. The number of rotatable bonds is 7. The summed E-state index contributed by atoms with van der Waals surface area (Å²) in [5, 5.41) is 10.7. The molecule has 32 heavy (non-hydrogen) atoms. The van der Waals surface area contributed by atoms with Gasteiger partial charge in [0.1, 0.15) is 0 Å². The van der Waals surface area contributed by atoms with Gasteiger partial charge >= 0.3 is 5.97 Å². The molecule has 1 fully saturated rings. The van der Waals surface area contributed by atoms with Gasteiger partial charge in [-0.3, -0.25) is 4.79 Å². The van der Waals surface area contributed by atoms with E-state index in [1.807, 2.05) is 24.3 Å². The number of carboxylic acids is 1. The molecule has 1 atom stereocenters. The van der Waals surface area contributed by atoms with Crippen LogP contribution in [0.25, 0.3) is 0 Å². The molecule has 0 saturated carbocycles. The van der Waals surface area contributed by atoms with Crippen molar-refractivity contribution >= 4 is 53.0 Å². The number of carbonyl (C=O) groups is 1. The first-order valence-electron chi connectivity index (χ1n) is 10.9. The highest BCUT2D eigenvalue weighted by atomic mass is 35.5. The molecule has 0 aliphatic carbocycles. The van der Waals surface area contributed by atoms with Crippen molar-refractivity contribution in [2.24, 2.45) is 5.92 Å². The van der Waals surface area contributed by atoms with Gasteiger partial charge in [-0.05, 0) is 67.6 Å². The average Bonchev–Trinajstić information content (AvgIpc) is 2.90. The molecule has 2 heterocycles. The summed E-state index contributed by atoms with van der Waals surface area (Å²) in [4.78, 5) is 15.7. The molecule has 2 aromatic rings. The van der Waals surface area contributed by atoms with E-state index >= 15 is 0 Å². The fourth-order valence-electron chi connectivity index (χ4n) is 4.55. The summed E-state index contributed by atoms with van der Waals surface area (Å²) < 4.78 is 5.97. The molecule has 8 heteroatoms. The zero-order valence-electron chi connectivity index (χ0n) is 17.9. The molecule has 4 rings (SSSR count). The van der Waals surface area contributed by atoms with Crippen molar-refractivity contribution in [2.45, 2.75) is 25.7 Å². The van der Waals surface area contributed by atoms with Crippen LogP contribution in [0.3, 0.4) is 0 Å². The van der Waals surface area contributed by atoms with Crippen LogP contribution in [-0.4, -0.2) is 55.4 Å². The lowest BCUT2D eigenvalue weighted by Gasteiger charge is -2.30. The number of ether oxygens (including phenoxy) is 1. The molecule has 174 valence electrons. The standard InChI is InChI=1S/C24H28Cl2N2O3.ClH/c25-20-7-5-17-3-4-18-6-8-21(26)15-23(18)28(22(17)14-20)11-13-31-12-10-27-9-1-2-19(16-27)24(29)30;/h5-8,14-15,19H,1-4,9-13,16H2,(H,29,30);1H/t19-;/m1./s1. The van der Waals surface area contributed by atoms with E-state index in [0.29, 0.717) is 36.3 Å². The van der Waals surface area contributed by atoms with Crippen molar-refractivity contribution in [1.82, 2.24) is 4.90 Å². The first kappa shape index (κ1) is 25.1. The lowest BCUT2D eigenvalue weighted by atomic mass is 9.98. The van der Waals surface area contributed by atoms with Gasteiger partial charge in [0.2, 0.25) is 0 Å². The smallest absolute Gasteiger partial charge is 0.307 e. The largest absolute Gasteiger partial charge is 0.481 e. The molecule has 1 saturated heterocycles. The first-order valence-corrected chi connectivity index (χ1v) is 11.6. The summed E-state index contributed by atoms with van der Waals surface area (Å²) in [5.41, 5.74) is 4.75. The van der Waals surface area contributed by atoms with Crippen LogP contribution in [-0.2, 0) is 22.4 Å². The summed E-state index contributed by atoms with van der Waals surface area (Å²) in [5.74, 6) is -0.949. The molecule has 0 bridgehead atoms. The molecule has 2 aromatic carbocycles. The number of hydrogen-bond acceptors (Lipinski definition) is 4. The summed E-state index contributed by atoms with van der Waals surface area (Å²) in [6, 6.07) is 12.1. The Morgan fingerprint density at radius 3 is 2.19 bits per heavy atom. The van der Waals surface area contributed by atoms with Crippen LogP contribution in [0.4, 0.5) is 11.4 Å². The van der Waals surface area contributed by atoms with Gasteiger partial charge in [-0.15, -0.1) is 12.4 Å². The van der Waals surface area contributed by atoms with Gasteiger partial charge in [-0.1, -0.05) is 35.3 Å².